The van der Waals surface area contributed by atoms with E-state index >= 15 is 0 Å². The van der Waals surface area contributed by atoms with Gasteiger partial charge in [-0.05, 0) is 12.8 Å². The molecule has 132 valence electrons. The molecule has 9 heteroatoms. The Morgan fingerprint density at radius 1 is 1.25 bits per heavy atom. The van der Waals surface area contributed by atoms with Gasteiger partial charge in [0.2, 0.25) is 5.88 Å². The van der Waals surface area contributed by atoms with Crippen molar-refractivity contribution in [3.63, 3.8) is 0 Å². The number of imidazole rings is 1. The Balaban J connectivity index is 2.09. The van der Waals surface area contributed by atoms with E-state index in [9.17, 15) is 20.4 Å². The van der Waals surface area contributed by atoms with Gasteiger partial charge in [-0.25, -0.2) is 9.97 Å². The summed E-state index contributed by atoms with van der Waals surface area (Å²) in [5, 5.41) is 40.1. The number of hydrogen-bond acceptors (Lipinski definition) is 8. The maximum Gasteiger partial charge on any atom is 0.242 e. The third-order valence-corrected chi connectivity index (χ3v) is 4.56. The molecule has 2 aromatic heterocycles. The largest absolute Gasteiger partial charge is 0.492 e. The van der Waals surface area contributed by atoms with Crippen LogP contribution >= 0.6 is 0 Å². The van der Waals surface area contributed by atoms with Crippen molar-refractivity contribution in [2.24, 2.45) is 0 Å². The van der Waals surface area contributed by atoms with Crippen molar-refractivity contribution in [3.05, 3.63) is 12.7 Å². The maximum atomic E-state index is 10.7. The molecule has 2 aromatic rings. The highest BCUT2D eigenvalue weighted by atomic mass is 16.6. The van der Waals surface area contributed by atoms with Crippen LogP contribution in [0.4, 0.5) is 0 Å². The van der Waals surface area contributed by atoms with Crippen molar-refractivity contribution < 1.29 is 25.2 Å². The van der Waals surface area contributed by atoms with Crippen LogP contribution < -0.4 is 0 Å². The smallest absolute Gasteiger partial charge is 0.242 e. The second-order valence-electron chi connectivity index (χ2n) is 6.06. The quantitative estimate of drug-likeness (QED) is 0.536. The molecule has 24 heavy (non-hydrogen) atoms. The van der Waals surface area contributed by atoms with E-state index in [2.05, 4.69) is 21.9 Å². The molecule has 0 unspecified atom stereocenters. The van der Waals surface area contributed by atoms with Crippen molar-refractivity contribution in [2.45, 2.75) is 56.6 Å². The summed E-state index contributed by atoms with van der Waals surface area (Å²) < 4.78 is 7.41. The molecule has 0 aromatic carbocycles. The molecule has 4 atom stereocenters. The van der Waals surface area contributed by atoms with Gasteiger partial charge in [-0.15, -0.1) is 0 Å². The van der Waals surface area contributed by atoms with Crippen molar-refractivity contribution >= 4 is 11.2 Å². The van der Waals surface area contributed by atoms with Crippen LogP contribution in [0, 0.1) is 0 Å². The Hall–Kier alpha value is -1.81. The molecule has 3 heterocycles. The van der Waals surface area contributed by atoms with Gasteiger partial charge in [-0.3, -0.25) is 4.57 Å². The molecule has 0 spiro atoms. The van der Waals surface area contributed by atoms with Gasteiger partial charge in [0.25, 0.3) is 0 Å². The summed E-state index contributed by atoms with van der Waals surface area (Å²) in [4.78, 5) is 11.9. The molecule has 0 saturated carbocycles. The molecule has 4 N–H and O–H groups in total. The third-order valence-electron chi connectivity index (χ3n) is 4.56. The number of ether oxygens (including phenoxy) is 1. The van der Waals surface area contributed by atoms with E-state index in [0.29, 0.717) is 12.1 Å². The van der Waals surface area contributed by atoms with Gasteiger partial charge in [-0.1, -0.05) is 19.8 Å². The van der Waals surface area contributed by atoms with Crippen LogP contribution in [0.2, 0.25) is 0 Å². The highest BCUT2D eigenvalue weighted by Gasteiger charge is 2.55. The normalized spacial score (nSPS) is 30.2. The van der Waals surface area contributed by atoms with Gasteiger partial charge in [0.1, 0.15) is 24.6 Å². The van der Waals surface area contributed by atoms with E-state index < -0.39 is 30.6 Å². The fourth-order valence-corrected chi connectivity index (χ4v) is 3.27. The van der Waals surface area contributed by atoms with E-state index in [1.165, 1.54) is 17.2 Å². The number of fused-ring (bicyclic) bond motifs is 1. The Kier molecular flexibility index (Phi) is 4.68. The van der Waals surface area contributed by atoms with E-state index in [1.54, 1.807) is 0 Å². The first-order valence-corrected chi connectivity index (χ1v) is 8.07. The zero-order valence-corrected chi connectivity index (χ0v) is 13.4. The lowest BCUT2D eigenvalue weighted by Gasteiger charge is -2.33. The summed E-state index contributed by atoms with van der Waals surface area (Å²) in [6.45, 7) is 1.64. The Bertz CT molecular complexity index is 708. The van der Waals surface area contributed by atoms with E-state index in [-0.39, 0.29) is 11.4 Å². The van der Waals surface area contributed by atoms with Crippen molar-refractivity contribution in [1.82, 2.24) is 19.5 Å². The van der Waals surface area contributed by atoms with Crippen LogP contribution in [0.3, 0.4) is 0 Å². The van der Waals surface area contributed by atoms with Crippen molar-refractivity contribution in [1.29, 1.82) is 0 Å². The molecule has 1 saturated heterocycles. The fraction of sp³-hybridized carbons (Fsp3) is 0.667. The summed E-state index contributed by atoms with van der Waals surface area (Å²) in [6.07, 6.45) is 2.24. The SMILES string of the molecule is CCCCC[C@@]1(n2cnc3c(O)ncnc32)O[C@H](CO)[C@@H](O)[C@H]1O. The average Bonchev–Trinajstić information content (AvgIpc) is 3.12. The molecule has 1 aliphatic rings. The zero-order chi connectivity index (χ0) is 17.3. The number of aromatic hydroxyl groups is 1. The summed E-state index contributed by atoms with van der Waals surface area (Å²) in [6, 6.07) is 0. The number of aromatic nitrogens is 4. The highest BCUT2D eigenvalue weighted by Crippen LogP contribution is 2.41. The number of hydrogen-bond donors (Lipinski definition) is 4. The third kappa shape index (κ3) is 2.53. The molecule has 1 aliphatic heterocycles. The van der Waals surface area contributed by atoms with Crippen LogP contribution in [0.5, 0.6) is 5.88 Å². The van der Waals surface area contributed by atoms with Crippen molar-refractivity contribution in [3.8, 4) is 5.88 Å². The maximum absolute atomic E-state index is 10.7. The van der Waals surface area contributed by atoms with E-state index in [0.717, 1.165) is 19.3 Å². The second-order valence-corrected chi connectivity index (χ2v) is 6.06. The summed E-state index contributed by atoms with van der Waals surface area (Å²) in [5.74, 6) is -0.269. The molecule has 3 rings (SSSR count). The second kappa shape index (κ2) is 6.60. The molecular formula is C15H22N4O5. The van der Waals surface area contributed by atoms with Gasteiger partial charge in [0.15, 0.2) is 16.9 Å². The monoisotopic (exact) mass is 338 g/mol. The molecule has 0 aliphatic carbocycles. The van der Waals surface area contributed by atoms with Gasteiger partial charge in [0.05, 0.1) is 12.9 Å². The highest BCUT2D eigenvalue weighted by molar-refractivity contribution is 5.75. The summed E-state index contributed by atoms with van der Waals surface area (Å²) in [5.41, 5.74) is -0.828. The minimum absolute atomic E-state index is 0.185. The standard InChI is InChI=1S/C15H22N4O5/c1-2-3-4-5-15(12(22)11(21)9(6-20)24-15)19-8-18-10-13(19)16-7-17-14(10)23/h7-9,11-12,20-22H,2-6H2,1H3,(H,16,17,23)/t9-,11-,12-,15-/m1/s1. The lowest BCUT2D eigenvalue weighted by Crippen LogP contribution is -2.45. The summed E-state index contributed by atoms with van der Waals surface area (Å²) >= 11 is 0. The number of aliphatic hydroxyl groups is 3. The number of rotatable bonds is 6. The van der Waals surface area contributed by atoms with E-state index in [4.69, 9.17) is 4.74 Å². The molecule has 1 fully saturated rings. The molecule has 0 radical (unpaired) electrons. The predicted molar refractivity (Wildman–Crippen MR) is 83.1 cm³/mol. The fourth-order valence-electron chi connectivity index (χ4n) is 3.27. The predicted octanol–water partition coefficient (Wildman–Crippen LogP) is -0.122. The van der Waals surface area contributed by atoms with Gasteiger partial charge in [-0.2, -0.15) is 4.98 Å². The molecule has 9 nitrogen and oxygen atoms in total. The van der Waals surface area contributed by atoms with Crippen LogP contribution in [0.1, 0.15) is 32.6 Å². The topological polar surface area (TPSA) is 134 Å². The van der Waals surface area contributed by atoms with Gasteiger partial charge in [0, 0.05) is 0 Å². The molecule has 0 bridgehead atoms. The minimum atomic E-state index is -1.31. The van der Waals surface area contributed by atoms with Crippen molar-refractivity contribution in [2.75, 3.05) is 6.61 Å². The Labute approximate surface area is 138 Å². The Morgan fingerprint density at radius 2 is 2.04 bits per heavy atom. The van der Waals surface area contributed by atoms with E-state index in [1.807, 2.05) is 0 Å². The van der Waals surface area contributed by atoms with Crippen LogP contribution in [0.25, 0.3) is 11.2 Å². The number of aliphatic hydroxyl groups excluding tert-OH is 3. The number of unbranched alkanes of at least 4 members (excludes halogenated alkanes) is 2. The lowest BCUT2D eigenvalue weighted by molar-refractivity contribution is -0.151. The minimum Gasteiger partial charge on any atom is -0.492 e. The molecular weight excluding hydrogens is 316 g/mol. The Morgan fingerprint density at radius 3 is 2.71 bits per heavy atom. The van der Waals surface area contributed by atoms with Gasteiger partial charge < -0.3 is 25.2 Å². The first kappa shape index (κ1) is 17.0. The van der Waals surface area contributed by atoms with Crippen LogP contribution in [-0.4, -0.2) is 64.9 Å². The molecule has 0 amide bonds. The van der Waals surface area contributed by atoms with Crippen LogP contribution in [-0.2, 0) is 10.5 Å². The number of nitrogens with zero attached hydrogens (tertiary/aromatic N) is 4. The van der Waals surface area contributed by atoms with Crippen LogP contribution in [0.15, 0.2) is 12.7 Å². The van der Waals surface area contributed by atoms with Gasteiger partial charge >= 0.3 is 0 Å². The lowest BCUT2D eigenvalue weighted by atomic mass is 9.96. The zero-order valence-electron chi connectivity index (χ0n) is 13.4. The first-order chi connectivity index (χ1) is 11.5. The summed E-state index contributed by atoms with van der Waals surface area (Å²) in [7, 11) is 0. The average molecular weight is 338 g/mol. The first-order valence-electron chi connectivity index (χ1n) is 8.07.